The van der Waals surface area contributed by atoms with Gasteiger partial charge in [-0.1, -0.05) is 45.9 Å². The summed E-state index contributed by atoms with van der Waals surface area (Å²) >= 11 is 0. The zero-order valence-corrected chi connectivity index (χ0v) is 17.5. The van der Waals surface area contributed by atoms with Crippen LogP contribution < -0.4 is 10.2 Å². The first kappa shape index (κ1) is 20.3. The lowest BCUT2D eigenvalue weighted by Crippen LogP contribution is -2.37. The molecule has 6 nitrogen and oxygen atoms in total. The zero-order chi connectivity index (χ0) is 20.3. The number of carbonyl (C=O) groups is 1. The Kier molecular flexibility index (Phi) is 6.29. The molecule has 1 aromatic carbocycles. The van der Waals surface area contributed by atoms with Crippen LogP contribution in [0.3, 0.4) is 0 Å². The van der Waals surface area contributed by atoms with Gasteiger partial charge in [-0.25, -0.2) is 9.97 Å². The molecule has 1 saturated heterocycles. The van der Waals surface area contributed by atoms with E-state index in [1.165, 1.54) is 0 Å². The van der Waals surface area contributed by atoms with Gasteiger partial charge >= 0.3 is 0 Å². The second-order valence-corrected chi connectivity index (χ2v) is 7.87. The number of nitrogens with one attached hydrogen (secondary N) is 1. The lowest BCUT2D eigenvalue weighted by Gasteiger charge is -2.27. The third-order valence-electron chi connectivity index (χ3n) is 4.98. The van der Waals surface area contributed by atoms with Crippen molar-refractivity contribution in [1.29, 1.82) is 0 Å². The minimum atomic E-state index is -0.199. The third kappa shape index (κ3) is 4.50. The number of aromatic nitrogens is 2. The van der Waals surface area contributed by atoms with Gasteiger partial charge in [-0.3, -0.25) is 4.79 Å². The van der Waals surface area contributed by atoms with E-state index in [1.807, 2.05) is 6.92 Å². The van der Waals surface area contributed by atoms with E-state index >= 15 is 0 Å². The number of anilines is 2. The van der Waals surface area contributed by atoms with Crippen molar-refractivity contribution in [2.45, 2.75) is 46.5 Å². The molecule has 0 spiro atoms. The van der Waals surface area contributed by atoms with Gasteiger partial charge in [-0.2, -0.15) is 0 Å². The Hall–Kier alpha value is -2.47. The maximum absolute atomic E-state index is 13.1. The Labute approximate surface area is 167 Å². The lowest BCUT2D eigenvalue weighted by molar-refractivity contribution is 0.102. The molecule has 0 saturated carbocycles. The fraction of sp³-hybridized carbons (Fsp3) is 0.500. The van der Waals surface area contributed by atoms with Crippen LogP contribution in [0, 0.1) is 6.92 Å². The molecular formula is C22H30N4O2. The smallest absolute Gasteiger partial charge is 0.274 e. The Bertz CT molecular complexity index is 816. The topological polar surface area (TPSA) is 67.4 Å². The van der Waals surface area contributed by atoms with Crippen LogP contribution in [0.15, 0.2) is 24.3 Å². The van der Waals surface area contributed by atoms with Crippen LogP contribution in [0.5, 0.6) is 0 Å². The molecule has 2 aromatic rings. The van der Waals surface area contributed by atoms with Crippen molar-refractivity contribution < 1.29 is 9.53 Å². The van der Waals surface area contributed by atoms with Crippen molar-refractivity contribution in [2.24, 2.45) is 0 Å². The normalized spacial score (nSPS) is 14.6. The van der Waals surface area contributed by atoms with Crippen LogP contribution in [-0.2, 0) is 4.74 Å². The van der Waals surface area contributed by atoms with E-state index in [-0.39, 0.29) is 5.91 Å². The number of para-hydroxylation sites is 1. The summed E-state index contributed by atoms with van der Waals surface area (Å²) in [5.74, 6) is 1.01. The van der Waals surface area contributed by atoms with Gasteiger partial charge in [0, 0.05) is 24.5 Å². The molecule has 0 radical (unpaired) electrons. The van der Waals surface area contributed by atoms with Gasteiger partial charge in [0.2, 0.25) is 5.95 Å². The lowest BCUT2D eigenvalue weighted by atomic mass is 9.92. The summed E-state index contributed by atoms with van der Waals surface area (Å²) in [4.78, 5) is 24.2. The van der Waals surface area contributed by atoms with Crippen LogP contribution in [0.25, 0.3) is 0 Å². The highest BCUT2D eigenvalue weighted by Gasteiger charge is 2.20. The summed E-state index contributed by atoms with van der Waals surface area (Å²) < 4.78 is 5.40. The van der Waals surface area contributed by atoms with Gasteiger partial charge in [-0.15, -0.1) is 0 Å². The molecule has 2 heterocycles. The van der Waals surface area contributed by atoms with Crippen molar-refractivity contribution in [1.82, 2.24) is 9.97 Å². The molecule has 3 rings (SSSR count). The SMILES string of the molecule is Cc1cc(C(=O)Nc2c(C(C)C)cccc2C(C)C)nc(N2CCOCC2)n1. The standard InChI is InChI=1S/C22H30N4O2/c1-14(2)17-7-6-8-18(15(3)4)20(17)25-21(27)19-13-16(5)23-22(24-19)26-9-11-28-12-10-26/h6-8,13-15H,9-12H2,1-5H3,(H,25,27). The number of ether oxygens (including phenoxy) is 1. The van der Waals surface area contributed by atoms with Gasteiger partial charge in [-0.05, 0) is 36.0 Å². The van der Waals surface area contributed by atoms with E-state index in [9.17, 15) is 4.79 Å². The summed E-state index contributed by atoms with van der Waals surface area (Å²) in [7, 11) is 0. The number of carbonyl (C=O) groups excluding carboxylic acids is 1. The van der Waals surface area contributed by atoms with Crippen LogP contribution >= 0.6 is 0 Å². The fourth-order valence-corrected chi connectivity index (χ4v) is 3.45. The van der Waals surface area contributed by atoms with Crippen molar-refractivity contribution in [2.75, 3.05) is 36.5 Å². The first-order valence-corrected chi connectivity index (χ1v) is 9.99. The Morgan fingerprint density at radius 2 is 1.68 bits per heavy atom. The Morgan fingerprint density at radius 3 is 2.25 bits per heavy atom. The summed E-state index contributed by atoms with van der Waals surface area (Å²) in [6.07, 6.45) is 0. The molecule has 0 unspecified atom stereocenters. The maximum Gasteiger partial charge on any atom is 0.274 e. The summed E-state index contributed by atoms with van der Waals surface area (Å²) in [5, 5.41) is 3.14. The molecular weight excluding hydrogens is 352 g/mol. The minimum Gasteiger partial charge on any atom is -0.378 e. The van der Waals surface area contributed by atoms with Crippen LogP contribution in [-0.4, -0.2) is 42.2 Å². The number of aryl methyl sites for hydroxylation is 1. The molecule has 1 aliphatic rings. The average molecular weight is 383 g/mol. The molecule has 150 valence electrons. The highest BCUT2D eigenvalue weighted by Crippen LogP contribution is 2.32. The van der Waals surface area contributed by atoms with E-state index in [0.717, 1.165) is 35.6 Å². The molecule has 1 fully saturated rings. The van der Waals surface area contributed by atoms with Crippen molar-refractivity contribution >= 4 is 17.5 Å². The van der Waals surface area contributed by atoms with Crippen molar-refractivity contribution in [3.8, 4) is 0 Å². The van der Waals surface area contributed by atoms with E-state index in [2.05, 4.69) is 66.1 Å². The number of nitrogens with zero attached hydrogens (tertiary/aromatic N) is 3. The van der Waals surface area contributed by atoms with Crippen LogP contribution in [0.1, 0.15) is 66.8 Å². The highest BCUT2D eigenvalue weighted by atomic mass is 16.5. The van der Waals surface area contributed by atoms with Crippen molar-refractivity contribution in [3.63, 3.8) is 0 Å². The van der Waals surface area contributed by atoms with E-state index < -0.39 is 0 Å². The Balaban J connectivity index is 1.92. The molecule has 1 amide bonds. The first-order valence-electron chi connectivity index (χ1n) is 9.99. The molecule has 1 aromatic heterocycles. The molecule has 28 heavy (non-hydrogen) atoms. The van der Waals surface area contributed by atoms with E-state index in [1.54, 1.807) is 6.07 Å². The fourth-order valence-electron chi connectivity index (χ4n) is 3.45. The number of morpholine rings is 1. The number of rotatable bonds is 5. The summed E-state index contributed by atoms with van der Waals surface area (Å²) in [6, 6.07) is 7.96. The molecule has 0 atom stereocenters. The van der Waals surface area contributed by atoms with E-state index in [4.69, 9.17) is 4.74 Å². The summed E-state index contributed by atoms with van der Waals surface area (Å²) in [5.41, 5.74) is 4.35. The van der Waals surface area contributed by atoms with Gasteiger partial charge in [0.05, 0.1) is 13.2 Å². The largest absolute Gasteiger partial charge is 0.378 e. The third-order valence-corrected chi connectivity index (χ3v) is 4.98. The second-order valence-electron chi connectivity index (χ2n) is 7.87. The summed E-state index contributed by atoms with van der Waals surface area (Å²) in [6.45, 7) is 13.2. The minimum absolute atomic E-state index is 0.199. The van der Waals surface area contributed by atoms with Gasteiger partial charge in [0.25, 0.3) is 5.91 Å². The van der Waals surface area contributed by atoms with Crippen molar-refractivity contribution in [3.05, 3.63) is 46.8 Å². The Morgan fingerprint density at radius 1 is 1.07 bits per heavy atom. The second kappa shape index (κ2) is 8.69. The molecule has 0 bridgehead atoms. The number of amides is 1. The molecule has 6 heteroatoms. The molecule has 1 aliphatic heterocycles. The van der Waals surface area contributed by atoms with E-state index in [0.29, 0.717) is 36.7 Å². The van der Waals surface area contributed by atoms with Gasteiger partial charge < -0.3 is 15.0 Å². The quantitative estimate of drug-likeness (QED) is 0.842. The average Bonchev–Trinajstić information content (AvgIpc) is 2.68. The molecule has 1 N–H and O–H groups in total. The van der Waals surface area contributed by atoms with Crippen LogP contribution in [0.2, 0.25) is 0 Å². The number of benzene rings is 1. The number of hydrogen-bond acceptors (Lipinski definition) is 5. The zero-order valence-electron chi connectivity index (χ0n) is 17.5. The predicted molar refractivity (Wildman–Crippen MR) is 112 cm³/mol. The monoisotopic (exact) mass is 382 g/mol. The predicted octanol–water partition coefficient (Wildman–Crippen LogP) is 4.12. The highest BCUT2D eigenvalue weighted by molar-refractivity contribution is 6.04. The van der Waals surface area contributed by atoms with Crippen LogP contribution in [0.4, 0.5) is 11.6 Å². The molecule has 0 aliphatic carbocycles. The number of hydrogen-bond donors (Lipinski definition) is 1. The van der Waals surface area contributed by atoms with Gasteiger partial charge in [0.15, 0.2) is 0 Å². The van der Waals surface area contributed by atoms with Gasteiger partial charge in [0.1, 0.15) is 5.69 Å². The maximum atomic E-state index is 13.1. The first-order chi connectivity index (χ1) is 13.4.